The van der Waals surface area contributed by atoms with E-state index < -0.39 is 0 Å². The fraction of sp³-hybridized carbons (Fsp3) is 0.364. The number of benzene rings is 1. The van der Waals surface area contributed by atoms with E-state index in [1.165, 1.54) is 10.9 Å². The molecule has 1 N–H and O–H groups in total. The molecule has 3 heteroatoms. The van der Waals surface area contributed by atoms with Crippen molar-refractivity contribution in [3.63, 3.8) is 0 Å². The summed E-state index contributed by atoms with van der Waals surface area (Å²) in [6.45, 7) is 2.14. The molecule has 0 fully saturated rings. The zero-order valence-corrected chi connectivity index (χ0v) is 8.78. The van der Waals surface area contributed by atoms with Gasteiger partial charge < -0.3 is 5.32 Å². The van der Waals surface area contributed by atoms with E-state index in [0.29, 0.717) is 6.04 Å². The summed E-state index contributed by atoms with van der Waals surface area (Å²) in [7, 11) is 3.91. The zero-order valence-electron chi connectivity index (χ0n) is 8.78. The minimum Gasteiger partial charge on any atom is -0.313 e. The fourth-order valence-corrected chi connectivity index (χ4v) is 1.59. The Morgan fingerprint density at radius 3 is 2.93 bits per heavy atom. The molecular weight excluding hydrogens is 174 g/mol. The van der Waals surface area contributed by atoms with E-state index in [0.717, 1.165) is 5.52 Å². The van der Waals surface area contributed by atoms with Crippen LogP contribution in [0.25, 0.3) is 10.9 Å². The predicted molar refractivity (Wildman–Crippen MR) is 58.2 cm³/mol. The van der Waals surface area contributed by atoms with E-state index in [2.05, 4.69) is 35.5 Å². The van der Waals surface area contributed by atoms with Crippen LogP contribution in [0.5, 0.6) is 0 Å². The molecule has 1 aromatic carbocycles. The minimum atomic E-state index is 0.376. The number of rotatable bonds is 2. The number of nitrogens with zero attached hydrogens (tertiary/aromatic N) is 2. The number of aryl methyl sites for hydroxylation is 1. The highest BCUT2D eigenvalue weighted by molar-refractivity contribution is 5.78. The zero-order chi connectivity index (χ0) is 10.1. The van der Waals surface area contributed by atoms with Crippen LogP contribution >= 0.6 is 0 Å². The summed E-state index contributed by atoms with van der Waals surface area (Å²) in [5, 5.41) is 8.79. The van der Waals surface area contributed by atoms with Crippen molar-refractivity contribution in [1.82, 2.24) is 15.1 Å². The standard InChI is InChI=1S/C11H15N3/c1-8(12-2)9-4-5-10-7-14(3)13-11(10)6-9/h4-8,12H,1-3H3. The van der Waals surface area contributed by atoms with Crippen LogP contribution in [0.15, 0.2) is 24.4 Å². The molecule has 1 heterocycles. The lowest BCUT2D eigenvalue weighted by molar-refractivity contribution is 0.653. The molecule has 0 saturated heterocycles. The molecule has 3 nitrogen and oxygen atoms in total. The molecule has 0 aliphatic rings. The molecule has 1 unspecified atom stereocenters. The van der Waals surface area contributed by atoms with E-state index in [-0.39, 0.29) is 0 Å². The largest absolute Gasteiger partial charge is 0.313 e. The molecule has 0 amide bonds. The molecular formula is C11H15N3. The maximum atomic E-state index is 4.38. The lowest BCUT2D eigenvalue weighted by Crippen LogP contribution is -2.11. The van der Waals surface area contributed by atoms with Crippen LogP contribution in [0.2, 0.25) is 0 Å². The van der Waals surface area contributed by atoms with Gasteiger partial charge in [-0.05, 0) is 25.6 Å². The lowest BCUT2D eigenvalue weighted by atomic mass is 10.1. The second-order valence-corrected chi connectivity index (χ2v) is 3.63. The molecule has 2 aromatic rings. The summed E-state index contributed by atoms with van der Waals surface area (Å²) in [5.41, 5.74) is 2.34. The van der Waals surface area contributed by atoms with E-state index in [9.17, 15) is 0 Å². The summed E-state index contributed by atoms with van der Waals surface area (Å²) in [6.07, 6.45) is 2.03. The quantitative estimate of drug-likeness (QED) is 0.781. The molecule has 2 rings (SSSR count). The Morgan fingerprint density at radius 2 is 2.21 bits per heavy atom. The first-order valence-electron chi connectivity index (χ1n) is 4.81. The van der Waals surface area contributed by atoms with Crippen LogP contribution in [0, 0.1) is 0 Å². The van der Waals surface area contributed by atoms with Gasteiger partial charge in [0, 0.05) is 24.7 Å². The third-order valence-electron chi connectivity index (χ3n) is 2.58. The van der Waals surface area contributed by atoms with Crippen LogP contribution in [0.3, 0.4) is 0 Å². The van der Waals surface area contributed by atoms with E-state index in [4.69, 9.17) is 0 Å². The van der Waals surface area contributed by atoms with Crippen molar-refractivity contribution in [1.29, 1.82) is 0 Å². The van der Waals surface area contributed by atoms with Crippen molar-refractivity contribution in [2.75, 3.05) is 7.05 Å². The second-order valence-electron chi connectivity index (χ2n) is 3.63. The number of aromatic nitrogens is 2. The Bertz CT molecular complexity index is 445. The van der Waals surface area contributed by atoms with Gasteiger partial charge in [0.1, 0.15) is 0 Å². The summed E-state index contributed by atoms with van der Waals surface area (Å²) in [5.74, 6) is 0. The number of hydrogen-bond acceptors (Lipinski definition) is 2. The Balaban J connectivity index is 2.50. The fourth-order valence-electron chi connectivity index (χ4n) is 1.59. The van der Waals surface area contributed by atoms with Crippen molar-refractivity contribution in [3.05, 3.63) is 30.0 Å². The maximum absolute atomic E-state index is 4.38. The van der Waals surface area contributed by atoms with Crippen LogP contribution in [0.1, 0.15) is 18.5 Å². The van der Waals surface area contributed by atoms with Crippen LogP contribution in [0.4, 0.5) is 0 Å². The van der Waals surface area contributed by atoms with Gasteiger partial charge >= 0.3 is 0 Å². The smallest absolute Gasteiger partial charge is 0.0926 e. The highest BCUT2D eigenvalue weighted by atomic mass is 15.2. The third kappa shape index (κ3) is 1.51. The molecule has 74 valence electrons. The van der Waals surface area contributed by atoms with Gasteiger partial charge in [0.05, 0.1) is 5.52 Å². The molecule has 0 radical (unpaired) electrons. The average molecular weight is 189 g/mol. The van der Waals surface area contributed by atoms with Gasteiger partial charge in [-0.3, -0.25) is 4.68 Å². The maximum Gasteiger partial charge on any atom is 0.0926 e. The molecule has 1 atom stereocenters. The van der Waals surface area contributed by atoms with E-state index >= 15 is 0 Å². The molecule has 0 bridgehead atoms. The van der Waals surface area contributed by atoms with Gasteiger partial charge in [0.2, 0.25) is 0 Å². The van der Waals surface area contributed by atoms with Gasteiger partial charge in [0.25, 0.3) is 0 Å². The first-order valence-corrected chi connectivity index (χ1v) is 4.81. The van der Waals surface area contributed by atoms with Gasteiger partial charge in [-0.1, -0.05) is 12.1 Å². The van der Waals surface area contributed by atoms with Gasteiger partial charge in [-0.15, -0.1) is 0 Å². The molecule has 14 heavy (non-hydrogen) atoms. The van der Waals surface area contributed by atoms with Gasteiger partial charge in [-0.2, -0.15) is 5.10 Å². The highest BCUT2D eigenvalue weighted by Gasteiger charge is 2.04. The monoisotopic (exact) mass is 189 g/mol. The summed E-state index contributed by atoms with van der Waals surface area (Å²) < 4.78 is 1.85. The van der Waals surface area contributed by atoms with Crippen molar-refractivity contribution < 1.29 is 0 Å². The van der Waals surface area contributed by atoms with Crippen LogP contribution in [-0.2, 0) is 7.05 Å². The highest BCUT2D eigenvalue weighted by Crippen LogP contribution is 2.18. The van der Waals surface area contributed by atoms with Crippen molar-refractivity contribution >= 4 is 10.9 Å². The SMILES string of the molecule is CNC(C)c1ccc2cn(C)nc2c1. The summed E-state index contributed by atoms with van der Waals surface area (Å²) >= 11 is 0. The average Bonchev–Trinajstić information content (AvgIpc) is 2.55. The van der Waals surface area contributed by atoms with Crippen LogP contribution < -0.4 is 5.32 Å². The summed E-state index contributed by atoms with van der Waals surface area (Å²) in [4.78, 5) is 0. The summed E-state index contributed by atoms with van der Waals surface area (Å²) in [6, 6.07) is 6.77. The van der Waals surface area contributed by atoms with E-state index in [1.807, 2.05) is 25.0 Å². The third-order valence-corrected chi connectivity index (χ3v) is 2.58. The Kier molecular flexibility index (Phi) is 2.25. The first kappa shape index (κ1) is 9.21. The van der Waals surface area contributed by atoms with E-state index in [1.54, 1.807) is 0 Å². The number of hydrogen-bond donors (Lipinski definition) is 1. The normalized spacial score (nSPS) is 13.4. The van der Waals surface area contributed by atoms with Crippen LogP contribution in [-0.4, -0.2) is 16.8 Å². The molecule has 0 saturated carbocycles. The van der Waals surface area contributed by atoms with Crippen molar-refractivity contribution in [3.8, 4) is 0 Å². The lowest BCUT2D eigenvalue weighted by Gasteiger charge is -2.09. The topological polar surface area (TPSA) is 29.9 Å². The Hall–Kier alpha value is -1.35. The predicted octanol–water partition coefficient (Wildman–Crippen LogP) is 1.85. The first-order chi connectivity index (χ1) is 6.70. The Labute approximate surface area is 83.7 Å². The number of nitrogens with one attached hydrogen (secondary N) is 1. The van der Waals surface area contributed by atoms with Gasteiger partial charge in [0.15, 0.2) is 0 Å². The molecule has 1 aromatic heterocycles. The second kappa shape index (κ2) is 3.42. The minimum absolute atomic E-state index is 0.376. The van der Waals surface area contributed by atoms with Crippen molar-refractivity contribution in [2.45, 2.75) is 13.0 Å². The number of fused-ring (bicyclic) bond motifs is 1. The molecule has 0 aliphatic heterocycles. The Morgan fingerprint density at radius 1 is 1.43 bits per heavy atom. The molecule has 0 spiro atoms. The van der Waals surface area contributed by atoms with Crippen molar-refractivity contribution in [2.24, 2.45) is 7.05 Å². The molecule has 0 aliphatic carbocycles. The van der Waals surface area contributed by atoms with Gasteiger partial charge in [-0.25, -0.2) is 0 Å².